The lowest BCUT2D eigenvalue weighted by atomic mass is 9.73. The second kappa shape index (κ2) is 8.01. The van der Waals surface area contributed by atoms with Crippen LogP contribution < -0.4 is 13.5 Å². The van der Waals surface area contributed by atoms with Crippen molar-refractivity contribution in [2.24, 2.45) is 0 Å². The highest BCUT2D eigenvalue weighted by Crippen LogP contribution is 2.62. The molecule has 1 atom stereocenters. The van der Waals surface area contributed by atoms with E-state index >= 15 is 0 Å². The molecule has 2 heterocycles. The number of hydrogen-bond donors (Lipinski definition) is 1. The van der Waals surface area contributed by atoms with Crippen LogP contribution in [-0.4, -0.2) is 0 Å². The monoisotopic (exact) mass is 499 g/mol. The smallest absolute Gasteiger partial charge is 0.214 e. The van der Waals surface area contributed by atoms with E-state index in [1.165, 1.54) is 22.5 Å². The predicted molar refractivity (Wildman–Crippen MR) is 156 cm³/mol. The number of anilines is 3. The summed E-state index contributed by atoms with van der Waals surface area (Å²) in [6.45, 7) is 4.61. The van der Waals surface area contributed by atoms with Crippen molar-refractivity contribution in [1.82, 2.24) is 3.89 Å². The van der Waals surface area contributed by atoms with Gasteiger partial charge >= 0.3 is 0 Å². The summed E-state index contributed by atoms with van der Waals surface area (Å²) in [5.74, 6) is 1.62. The fraction of sp³-hybridized carbons (Fsp3) is 0.0909. The van der Waals surface area contributed by atoms with Gasteiger partial charge in [-0.05, 0) is 35.4 Å². The largest absolute Gasteiger partial charge is 0.442 e. The number of rotatable bonds is 2. The molecule has 37 heavy (non-hydrogen) atoms. The van der Waals surface area contributed by atoms with Gasteiger partial charge in [0.25, 0.3) is 0 Å². The summed E-state index contributed by atoms with van der Waals surface area (Å²) < 4.78 is 6.98. The van der Waals surface area contributed by atoms with E-state index in [4.69, 9.17) is 17.6 Å². The van der Waals surface area contributed by atoms with E-state index in [0.29, 0.717) is 0 Å². The number of ether oxygens (including phenoxy) is 1. The molecule has 0 radical (unpaired) electrons. The summed E-state index contributed by atoms with van der Waals surface area (Å²) in [5, 5.41) is 0. The Morgan fingerprint density at radius 3 is 1.84 bits per heavy atom. The normalized spacial score (nSPS) is 18.6. The summed E-state index contributed by atoms with van der Waals surface area (Å²) in [6, 6.07) is 42.4. The minimum Gasteiger partial charge on any atom is -0.442 e. The Morgan fingerprint density at radius 2 is 1.14 bits per heavy atom. The van der Waals surface area contributed by atoms with Crippen LogP contribution in [0.2, 0.25) is 0 Å². The molecule has 0 aromatic heterocycles. The molecule has 0 aliphatic carbocycles. The lowest BCUT2D eigenvalue weighted by Gasteiger charge is -2.43. The molecule has 0 saturated carbocycles. The molecule has 3 nitrogen and oxygen atoms in total. The van der Waals surface area contributed by atoms with Crippen LogP contribution in [0.1, 0.15) is 25.0 Å². The molecule has 4 heteroatoms. The second-order valence-electron chi connectivity index (χ2n) is 10.2. The third kappa shape index (κ3) is 3.06. The Balaban J connectivity index is 1.53. The predicted octanol–water partition coefficient (Wildman–Crippen LogP) is 9.72. The zero-order valence-electron chi connectivity index (χ0n) is 20.8. The van der Waals surface area contributed by atoms with E-state index in [-0.39, 0.29) is 9.30 Å². The Bertz CT molecular complexity index is 1610. The maximum Gasteiger partial charge on any atom is 0.214 e. The number of fused-ring (bicyclic) bond motifs is 4. The zero-order chi connectivity index (χ0) is 25.2. The zero-order valence-corrected chi connectivity index (χ0v) is 21.7. The highest BCUT2D eigenvalue weighted by molar-refractivity contribution is 7.80. The minimum absolute atomic E-state index is 0.126. The SMILES string of the molecule is CC1(C)c2ccccc2N(c2cccc3c2Oc2ccccc2[N+]3(S)c2ccccc2)c2ccccc21. The summed E-state index contributed by atoms with van der Waals surface area (Å²) in [5.41, 5.74) is 8.80. The number of benzene rings is 5. The van der Waals surface area contributed by atoms with Crippen LogP contribution in [0.3, 0.4) is 0 Å². The van der Waals surface area contributed by atoms with Gasteiger partial charge in [-0.25, -0.2) is 0 Å². The van der Waals surface area contributed by atoms with E-state index < -0.39 is 0 Å². The van der Waals surface area contributed by atoms with Crippen molar-refractivity contribution >= 4 is 46.9 Å². The Kier molecular flexibility index (Phi) is 4.81. The fourth-order valence-corrected chi connectivity index (χ4v) is 6.41. The third-order valence-corrected chi connectivity index (χ3v) is 8.42. The van der Waals surface area contributed by atoms with Gasteiger partial charge in [-0.3, -0.25) is 0 Å². The highest BCUT2D eigenvalue weighted by atomic mass is 32.1. The molecule has 0 amide bonds. The molecule has 0 saturated heterocycles. The molecule has 0 spiro atoms. The van der Waals surface area contributed by atoms with Gasteiger partial charge in [0.15, 0.2) is 22.8 Å². The van der Waals surface area contributed by atoms with E-state index in [1.807, 2.05) is 24.3 Å². The summed E-state index contributed by atoms with van der Waals surface area (Å²) in [7, 11) is 0. The van der Waals surface area contributed by atoms with E-state index in [1.54, 1.807) is 0 Å². The number of thiol groups is 1. The van der Waals surface area contributed by atoms with Gasteiger partial charge in [-0.1, -0.05) is 86.6 Å². The molecular weight excluding hydrogens is 472 g/mol. The molecule has 2 aliphatic rings. The first-order valence-corrected chi connectivity index (χ1v) is 13.0. The standard InChI is InChI=1S/C33H27N2OS/c1-33(2)24-15-6-8-17-26(24)34(27-18-9-7-16-25(27)33)28-19-12-21-30-32(28)36-31-22-11-10-20-29(31)35(30,37)23-13-4-3-5-14-23/h3-22,37H,1-2H3/q+1. The average Bonchev–Trinajstić information content (AvgIpc) is 2.94. The topological polar surface area (TPSA) is 12.5 Å². The number of hydrogen-bond acceptors (Lipinski definition) is 3. The molecule has 0 fully saturated rings. The van der Waals surface area contributed by atoms with E-state index in [2.05, 4.69) is 116 Å². The molecule has 7 rings (SSSR count). The van der Waals surface area contributed by atoms with Crippen LogP contribution in [0.5, 0.6) is 11.5 Å². The third-order valence-electron chi connectivity index (χ3n) is 7.76. The van der Waals surface area contributed by atoms with Crippen LogP contribution in [0.4, 0.5) is 34.1 Å². The first-order valence-electron chi connectivity index (χ1n) is 12.6. The molecule has 0 N–H and O–H groups in total. The van der Waals surface area contributed by atoms with Gasteiger partial charge in [0.2, 0.25) is 5.75 Å². The van der Waals surface area contributed by atoms with Crippen molar-refractivity contribution in [3.63, 3.8) is 0 Å². The Morgan fingerprint density at radius 1 is 0.595 bits per heavy atom. The summed E-state index contributed by atoms with van der Waals surface area (Å²) in [4.78, 5) is 2.35. The summed E-state index contributed by atoms with van der Waals surface area (Å²) in [6.07, 6.45) is 0. The molecule has 5 aromatic rings. The Hall–Kier alpha value is -3.99. The molecule has 0 bridgehead atoms. The molecule has 180 valence electrons. The van der Waals surface area contributed by atoms with Crippen LogP contribution in [0, 0.1) is 0 Å². The maximum absolute atomic E-state index is 6.75. The molecule has 5 aromatic carbocycles. The molecule has 2 aliphatic heterocycles. The van der Waals surface area contributed by atoms with Gasteiger partial charge in [0.1, 0.15) is 0 Å². The van der Waals surface area contributed by atoms with Crippen LogP contribution >= 0.6 is 12.8 Å². The van der Waals surface area contributed by atoms with Gasteiger partial charge in [0, 0.05) is 29.7 Å². The van der Waals surface area contributed by atoms with Crippen LogP contribution in [0.25, 0.3) is 0 Å². The highest BCUT2D eigenvalue weighted by Gasteiger charge is 2.45. The van der Waals surface area contributed by atoms with E-state index in [0.717, 1.165) is 34.2 Å². The van der Waals surface area contributed by atoms with Gasteiger partial charge in [-0.15, -0.1) is 0 Å². The van der Waals surface area contributed by atoms with Gasteiger partial charge < -0.3 is 9.64 Å². The first kappa shape index (κ1) is 22.2. The summed E-state index contributed by atoms with van der Waals surface area (Å²) >= 11 is 5.39. The fourth-order valence-electron chi connectivity index (χ4n) is 5.95. The second-order valence-corrected chi connectivity index (χ2v) is 10.8. The molecular formula is C33H27N2OS+. The van der Waals surface area contributed by atoms with Crippen molar-refractivity contribution in [2.75, 3.05) is 4.90 Å². The minimum atomic E-state index is -0.126. The van der Waals surface area contributed by atoms with Gasteiger partial charge in [-0.2, -0.15) is 3.89 Å². The lowest BCUT2D eigenvalue weighted by molar-refractivity contribution is 0.457. The number of quaternary nitrogens is 1. The van der Waals surface area contributed by atoms with Crippen molar-refractivity contribution in [3.8, 4) is 11.5 Å². The van der Waals surface area contributed by atoms with Crippen molar-refractivity contribution in [2.45, 2.75) is 19.3 Å². The molecule has 1 unspecified atom stereocenters. The van der Waals surface area contributed by atoms with Crippen molar-refractivity contribution in [1.29, 1.82) is 0 Å². The van der Waals surface area contributed by atoms with Crippen molar-refractivity contribution < 1.29 is 4.74 Å². The average molecular weight is 500 g/mol. The maximum atomic E-state index is 6.75. The number of para-hydroxylation sites is 6. The first-order chi connectivity index (χ1) is 18.0. The lowest BCUT2D eigenvalue weighted by Crippen LogP contribution is -2.33. The quantitative estimate of drug-likeness (QED) is 0.192. The Labute approximate surface area is 223 Å². The number of nitrogens with zero attached hydrogens (tertiary/aromatic N) is 2. The van der Waals surface area contributed by atoms with Crippen LogP contribution in [-0.2, 0) is 5.41 Å². The van der Waals surface area contributed by atoms with Crippen LogP contribution in [0.15, 0.2) is 121 Å². The van der Waals surface area contributed by atoms with Crippen molar-refractivity contribution in [3.05, 3.63) is 132 Å². The van der Waals surface area contributed by atoms with Gasteiger partial charge in [0.05, 0.1) is 29.9 Å². The van der Waals surface area contributed by atoms with E-state index in [9.17, 15) is 0 Å².